The van der Waals surface area contributed by atoms with Crippen LogP contribution in [0.4, 0.5) is 5.69 Å². The normalized spacial score (nSPS) is 10.1. The fraction of sp³-hybridized carbons (Fsp3) is 0.385. The van der Waals surface area contributed by atoms with Crippen LogP contribution in [0.3, 0.4) is 0 Å². The number of alkyl halides is 1. The van der Waals surface area contributed by atoms with Gasteiger partial charge in [-0.25, -0.2) is 0 Å². The van der Waals surface area contributed by atoms with E-state index < -0.39 is 0 Å². The van der Waals surface area contributed by atoms with Crippen molar-refractivity contribution in [1.82, 2.24) is 0 Å². The van der Waals surface area contributed by atoms with Crippen molar-refractivity contribution in [3.63, 3.8) is 0 Å². The molecule has 1 rings (SSSR count). The zero-order valence-corrected chi connectivity index (χ0v) is 10.4. The Balaban J connectivity index is 2.81. The summed E-state index contributed by atoms with van der Waals surface area (Å²) < 4.78 is 0. The van der Waals surface area contributed by atoms with Gasteiger partial charge in [-0.1, -0.05) is 12.6 Å². The van der Waals surface area contributed by atoms with E-state index in [9.17, 15) is 0 Å². The van der Waals surface area contributed by atoms with Crippen LogP contribution in [0, 0.1) is 13.8 Å². The summed E-state index contributed by atoms with van der Waals surface area (Å²) >= 11 is 5.72. The number of rotatable bonds is 4. The molecule has 0 aliphatic rings. The topological polar surface area (TPSA) is 3.24 Å². The van der Waals surface area contributed by atoms with Gasteiger partial charge in [-0.3, -0.25) is 0 Å². The maximum absolute atomic E-state index is 5.72. The molecule has 82 valence electrons. The van der Waals surface area contributed by atoms with Gasteiger partial charge in [-0.2, -0.15) is 0 Å². The van der Waals surface area contributed by atoms with Crippen molar-refractivity contribution in [2.24, 2.45) is 0 Å². The molecule has 0 spiro atoms. The third kappa shape index (κ3) is 3.60. The number of hydrogen-bond acceptors (Lipinski definition) is 1. The molecule has 0 radical (unpaired) electrons. The molecule has 1 aromatic carbocycles. The van der Waals surface area contributed by atoms with Crippen LogP contribution in [-0.2, 0) is 0 Å². The van der Waals surface area contributed by atoms with E-state index in [2.05, 4.69) is 50.6 Å². The highest BCUT2D eigenvalue weighted by molar-refractivity contribution is 6.19. The molecule has 0 heterocycles. The Morgan fingerprint density at radius 2 is 1.80 bits per heavy atom. The lowest BCUT2D eigenvalue weighted by Crippen LogP contribution is -2.20. The minimum Gasteiger partial charge on any atom is -0.371 e. The monoisotopic (exact) mass is 223 g/mol. The quantitative estimate of drug-likeness (QED) is 0.558. The van der Waals surface area contributed by atoms with Crippen LogP contribution in [0.5, 0.6) is 0 Å². The third-order valence-corrected chi connectivity index (χ3v) is 2.67. The van der Waals surface area contributed by atoms with Gasteiger partial charge in [0, 0.05) is 25.2 Å². The fourth-order valence-corrected chi connectivity index (χ4v) is 1.72. The van der Waals surface area contributed by atoms with Crippen LogP contribution in [0.1, 0.15) is 11.1 Å². The molecule has 0 N–H and O–H groups in total. The molecule has 2 heteroatoms. The van der Waals surface area contributed by atoms with Gasteiger partial charge in [0.2, 0.25) is 0 Å². The second-order valence-corrected chi connectivity index (χ2v) is 4.35. The van der Waals surface area contributed by atoms with Gasteiger partial charge in [0.25, 0.3) is 0 Å². The first-order valence-electron chi connectivity index (χ1n) is 5.05. The summed E-state index contributed by atoms with van der Waals surface area (Å²) in [5.74, 6) is 0.523. The van der Waals surface area contributed by atoms with E-state index in [1.807, 2.05) is 0 Å². The minimum absolute atomic E-state index is 0.523. The highest BCUT2D eigenvalue weighted by Crippen LogP contribution is 2.18. The molecule has 0 unspecified atom stereocenters. The van der Waals surface area contributed by atoms with Crippen molar-refractivity contribution in [2.75, 3.05) is 24.4 Å². The number of anilines is 1. The summed E-state index contributed by atoms with van der Waals surface area (Å²) in [7, 11) is 2.06. The molecule has 0 aliphatic carbocycles. The van der Waals surface area contributed by atoms with Gasteiger partial charge in [-0.05, 0) is 42.7 Å². The third-order valence-electron chi connectivity index (χ3n) is 2.30. The predicted molar refractivity (Wildman–Crippen MR) is 69.0 cm³/mol. The van der Waals surface area contributed by atoms with Gasteiger partial charge < -0.3 is 4.90 Å². The van der Waals surface area contributed by atoms with Crippen molar-refractivity contribution in [1.29, 1.82) is 0 Å². The van der Waals surface area contributed by atoms with Crippen molar-refractivity contribution in [3.8, 4) is 0 Å². The van der Waals surface area contributed by atoms with Gasteiger partial charge in [0.05, 0.1) is 0 Å². The van der Waals surface area contributed by atoms with Gasteiger partial charge in [0.1, 0.15) is 0 Å². The maximum atomic E-state index is 5.72. The molecule has 1 aromatic rings. The number of hydrogen-bond donors (Lipinski definition) is 0. The highest BCUT2D eigenvalue weighted by atomic mass is 35.5. The van der Waals surface area contributed by atoms with E-state index in [1.54, 1.807) is 0 Å². The van der Waals surface area contributed by atoms with Crippen molar-refractivity contribution in [2.45, 2.75) is 13.8 Å². The molecule has 0 aliphatic heterocycles. The Labute approximate surface area is 97.4 Å². The van der Waals surface area contributed by atoms with Gasteiger partial charge >= 0.3 is 0 Å². The number of nitrogens with zero attached hydrogens (tertiary/aromatic N) is 1. The van der Waals surface area contributed by atoms with Crippen molar-refractivity contribution < 1.29 is 0 Å². The van der Waals surface area contributed by atoms with Gasteiger partial charge in [-0.15, -0.1) is 11.6 Å². The molecule has 0 bridgehead atoms. The molecule has 0 saturated heterocycles. The number of halogens is 1. The zero-order valence-electron chi connectivity index (χ0n) is 9.68. The lowest BCUT2D eigenvalue weighted by molar-refractivity contribution is 0.984. The van der Waals surface area contributed by atoms with E-state index >= 15 is 0 Å². The van der Waals surface area contributed by atoms with E-state index in [1.165, 1.54) is 16.8 Å². The second-order valence-electron chi connectivity index (χ2n) is 4.09. The molecular formula is C13H18ClN. The molecular weight excluding hydrogens is 206 g/mol. The largest absolute Gasteiger partial charge is 0.371 e. The Morgan fingerprint density at radius 3 is 2.27 bits per heavy atom. The molecule has 0 amide bonds. The predicted octanol–water partition coefficient (Wildman–Crippen LogP) is 3.53. The summed E-state index contributed by atoms with van der Waals surface area (Å²) in [5, 5.41) is 0. The number of benzene rings is 1. The maximum Gasteiger partial charge on any atom is 0.0448 e. The standard InChI is InChI=1S/C13H18ClN/c1-10-5-11(2)7-13(6-10)15(4)9-12(3)8-14/h5-7H,3,8-9H2,1-2,4H3. The molecule has 0 saturated carbocycles. The van der Waals surface area contributed by atoms with Crippen molar-refractivity contribution in [3.05, 3.63) is 41.5 Å². The second kappa shape index (κ2) is 5.22. The number of likely N-dealkylation sites (N-methyl/N-ethyl adjacent to an activating group) is 1. The van der Waals surface area contributed by atoms with Gasteiger partial charge in [0.15, 0.2) is 0 Å². The first-order valence-corrected chi connectivity index (χ1v) is 5.58. The molecule has 1 nitrogen and oxygen atoms in total. The first-order chi connectivity index (χ1) is 7.02. The van der Waals surface area contributed by atoms with E-state index in [0.717, 1.165) is 12.1 Å². The minimum atomic E-state index is 0.523. The molecule has 0 atom stereocenters. The number of aryl methyl sites for hydroxylation is 2. The Kier molecular flexibility index (Phi) is 4.22. The van der Waals surface area contributed by atoms with E-state index in [-0.39, 0.29) is 0 Å². The van der Waals surface area contributed by atoms with Crippen LogP contribution in [0.25, 0.3) is 0 Å². The summed E-state index contributed by atoms with van der Waals surface area (Å²) in [5.41, 5.74) is 4.83. The van der Waals surface area contributed by atoms with Crippen LogP contribution < -0.4 is 4.90 Å². The van der Waals surface area contributed by atoms with E-state index in [4.69, 9.17) is 11.6 Å². The van der Waals surface area contributed by atoms with Crippen LogP contribution >= 0.6 is 11.6 Å². The smallest absolute Gasteiger partial charge is 0.0448 e. The fourth-order valence-electron chi connectivity index (χ4n) is 1.64. The summed E-state index contributed by atoms with van der Waals surface area (Å²) in [6.07, 6.45) is 0. The van der Waals surface area contributed by atoms with Crippen molar-refractivity contribution >= 4 is 17.3 Å². The lowest BCUT2D eigenvalue weighted by Gasteiger charge is -2.21. The Morgan fingerprint density at radius 1 is 1.27 bits per heavy atom. The summed E-state index contributed by atoms with van der Waals surface area (Å²) in [6.45, 7) is 8.95. The van der Waals surface area contributed by atoms with Crippen LogP contribution in [0.2, 0.25) is 0 Å². The lowest BCUT2D eigenvalue weighted by atomic mass is 10.1. The van der Waals surface area contributed by atoms with E-state index in [0.29, 0.717) is 5.88 Å². The highest BCUT2D eigenvalue weighted by Gasteiger charge is 2.03. The van der Waals surface area contributed by atoms with Crippen LogP contribution in [-0.4, -0.2) is 19.5 Å². The Hall–Kier alpha value is -0.950. The molecule has 0 aromatic heterocycles. The summed E-state index contributed by atoms with van der Waals surface area (Å²) in [4.78, 5) is 2.17. The Bertz CT molecular complexity index is 337. The molecule has 15 heavy (non-hydrogen) atoms. The van der Waals surface area contributed by atoms with Crippen LogP contribution in [0.15, 0.2) is 30.4 Å². The molecule has 0 fully saturated rings. The first kappa shape index (κ1) is 12.1. The summed E-state index contributed by atoms with van der Waals surface area (Å²) in [6, 6.07) is 6.52. The SMILES string of the molecule is C=C(CCl)CN(C)c1cc(C)cc(C)c1. The zero-order chi connectivity index (χ0) is 11.4. The average molecular weight is 224 g/mol. The average Bonchev–Trinajstić information content (AvgIpc) is 2.16.